The molecule has 1 aromatic carbocycles. The maximum Gasteiger partial charge on any atom is 0.309 e. The van der Waals surface area contributed by atoms with Gasteiger partial charge in [0.25, 0.3) is 0 Å². The lowest BCUT2D eigenvalue weighted by molar-refractivity contribution is -0.149. The van der Waals surface area contributed by atoms with Gasteiger partial charge in [0.1, 0.15) is 0 Å². The maximum atomic E-state index is 11.8. The van der Waals surface area contributed by atoms with Crippen LogP contribution in [0.2, 0.25) is 5.02 Å². The van der Waals surface area contributed by atoms with Gasteiger partial charge in [-0.15, -0.1) is 0 Å². The van der Waals surface area contributed by atoms with Gasteiger partial charge in [-0.05, 0) is 50.2 Å². The van der Waals surface area contributed by atoms with Gasteiger partial charge in [-0.1, -0.05) is 17.7 Å². The second kappa shape index (κ2) is 8.17. The zero-order valence-corrected chi connectivity index (χ0v) is 15.8. The summed E-state index contributed by atoms with van der Waals surface area (Å²) < 4.78 is 9.85. The molecular formula is C18H22ClN3O2S. The number of hydrogen-bond acceptors (Lipinski definition) is 4. The highest BCUT2D eigenvalue weighted by Gasteiger charge is 2.26. The van der Waals surface area contributed by atoms with Gasteiger partial charge in [-0.25, -0.2) is 0 Å². The van der Waals surface area contributed by atoms with Crippen molar-refractivity contribution in [3.63, 3.8) is 0 Å². The van der Waals surface area contributed by atoms with E-state index < -0.39 is 0 Å². The average molecular weight is 380 g/mol. The van der Waals surface area contributed by atoms with Crippen molar-refractivity contribution in [3.8, 4) is 5.69 Å². The zero-order valence-electron chi connectivity index (χ0n) is 14.2. The predicted molar refractivity (Wildman–Crippen MR) is 101 cm³/mol. The van der Waals surface area contributed by atoms with E-state index in [0.717, 1.165) is 43.1 Å². The molecule has 1 fully saturated rings. The third-order valence-electron chi connectivity index (χ3n) is 4.49. The molecule has 0 radical (unpaired) electrons. The fourth-order valence-corrected chi connectivity index (χ4v) is 3.60. The molecule has 3 rings (SSSR count). The lowest BCUT2D eigenvalue weighted by atomic mass is 9.97. The van der Waals surface area contributed by atoms with Crippen LogP contribution in [-0.2, 0) is 16.2 Å². The normalized spacial score (nSPS) is 16.1. The highest BCUT2D eigenvalue weighted by Crippen LogP contribution is 2.20. The van der Waals surface area contributed by atoms with Crippen LogP contribution in [0.4, 0.5) is 0 Å². The molecule has 7 heteroatoms. The summed E-state index contributed by atoms with van der Waals surface area (Å²) in [7, 11) is 0. The third-order valence-corrected chi connectivity index (χ3v) is 5.16. The third kappa shape index (κ3) is 4.32. The van der Waals surface area contributed by atoms with Gasteiger partial charge in [0.05, 0.1) is 19.2 Å². The molecule has 0 aliphatic carbocycles. The van der Waals surface area contributed by atoms with E-state index in [1.807, 2.05) is 52.7 Å². The Labute approximate surface area is 157 Å². The Kier molecular flexibility index (Phi) is 5.93. The Bertz CT molecular complexity index is 794. The standard InChI is InChI=1S/C18H22ClN3O2S/c1-2-24-17(23)14-6-8-20(9-7-14)13-21-10-11-22(18(21)25)16-5-3-4-15(19)12-16/h3-5,10-12,14H,2,6-9,13H2,1H3. The monoisotopic (exact) mass is 379 g/mol. The molecule has 0 spiro atoms. The first-order chi connectivity index (χ1) is 12.1. The van der Waals surface area contributed by atoms with Crippen LogP contribution in [-0.4, -0.2) is 39.7 Å². The van der Waals surface area contributed by atoms with Crippen LogP contribution in [0.3, 0.4) is 0 Å². The highest BCUT2D eigenvalue weighted by atomic mass is 35.5. The molecule has 0 bridgehead atoms. The quantitative estimate of drug-likeness (QED) is 0.583. The van der Waals surface area contributed by atoms with Gasteiger partial charge >= 0.3 is 5.97 Å². The van der Waals surface area contributed by atoms with E-state index in [4.69, 9.17) is 28.6 Å². The molecule has 1 saturated heterocycles. The number of likely N-dealkylation sites (tertiary alicyclic amines) is 1. The highest BCUT2D eigenvalue weighted by molar-refractivity contribution is 7.71. The van der Waals surface area contributed by atoms with E-state index in [2.05, 4.69) is 4.90 Å². The second-order valence-electron chi connectivity index (χ2n) is 6.19. The summed E-state index contributed by atoms with van der Waals surface area (Å²) >= 11 is 11.7. The first-order valence-electron chi connectivity index (χ1n) is 8.51. The molecule has 0 saturated carbocycles. The van der Waals surface area contributed by atoms with Crippen LogP contribution < -0.4 is 0 Å². The van der Waals surface area contributed by atoms with Crippen molar-refractivity contribution in [3.05, 3.63) is 46.5 Å². The molecule has 0 amide bonds. The number of piperidine rings is 1. The lowest BCUT2D eigenvalue weighted by Crippen LogP contribution is -2.37. The summed E-state index contributed by atoms with van der Waals surface area (Å²) in [6, 6.07) is 7.64. The largest absolute Gasteiger partial charge is 0.466 e. The Balaban J connectivity index is 1.64. The molecule has 0 unspecified atom stereocenters. The van der Waals surface area contributed by atoms with Crippen LogP contribution in [0.1, 0.15) is 19.8 Å². The van der Waals surface area contributed by atoms with E-state index in [1.165, 1.54) is 0 Å². The number of esters is 1. The van der Waals surface area contributed by atoms with Crippen molar-refractivity contribution in [2.24, 2.45) is 5.92 Å². The van der Waals surface area contributed by atoms with E-state index in [1.54, 1.807) is 0 Å². The van der Waals surface area contributed by atoms with Gasteiger partial charge < -0.3 is 9.30 Å². The molecule has 2 heterocycles. The molecule has 0 atom stereocenters. The van der Waals surface area contributed by atoms with Crippen LogP contribution >= 0.6 is 23.8 Å². The van der Waals surface area contributed by atoms with Crippen LogP contribution in [0.5, 0.6) is 0 Å². The summed E-state index contributed by atoms with van der Waals surface area (Å²) in [5.41, 5.74) is 0.956. The van der Waals surface area contributed by atoms with Crippen LogP contribution in [0.15, 0.2) is 36.7 Å². The van der Waals surface area contributed by atoms with Gasteiger partial charge in [-0.2, -0.15) is 0 Å². The number of hydrogen-bond donors (Lipinski definition) is 0. The lowest BCUT2D eigenvalue weighted by Gasteiger charge is -2.30. The molecule has 134 valence electrons. The fourth-order valence-electron chi connectivity index (χ4n) is 3.13. The number of carbonyl (C=O) groups is 1. The number of nitrogens with zero attached hydrogens (tertiary/aromatic N) is 3. The first-order valence-corrected chi connectivity index (χ1v) is 9.30. The number of halogens is 1. The summed E-state index contributed by atoms with van der Waals surface area (Å²) in [5.74, 6) is -0.0360. The van der Waals surface area contributed by atoms with E-state index in [9.17, 15) is 4.79 Å². The number of imidazole rings is 1. The van der Waals surface area contributed by atoms with Crippen molar-refractivity contribution < 1.29 is 9.53 Å². The van der Waals surface area contributed by atoms with E-state index >= 15 is 0 Å². The molecular weight excluding hydrogens is 358 g/mol. The van der Waals surface area contributed by atoms with Crippen LogP contribution in [0, 0.1) is 10.7 Å². The second-order valence-corrected chi connectivity index (χ2v) is 6.99. The maximum absolute atomic E-state index is 11.8. The van der Waals surface area contributed by atoms with Gasteiger partial charge in [0.2, 0.25) is 0 Å². The topological polar surface area (TPSA) is 39.4 Å². The van der Waals surface area contributed by atoms with Gasteiger partial charge in [0.15, 0.2) is 4.77 Å². The summed E-state index contributed by atoms with van der Waals surface area (Å²) in [4.78, 5) is 14.1. The van der Waals surface area contributed by atoms with E-state index in [0.29, 0.717) is 11.6 Å². The molecule has 1 aromatic heterocycles. The van der Waals surface area contributed by atoms with Crippen molar-refractivity contribution in [1.29, 1.82) is 0 Å². The summed E-state index contributed by atoms with van der Waals surface area (Å²) in [6.45, 7) is 4.76. The van der Waals surface area contributed by atoms with Crippen LogP contribution in [0.25, 0.3) is 5.69 Å². The summed E-state index contributed by atoms with van der Waals surface area (Å²) in [5, 5.41) is 0.688. The van der Waals surface area contributed by atoms with Gasteiger partial charge in [0, 0.05) is 36.2 Å². The smallest absolute Gasteiger partial charge is 0.309 e. The number of aromatic nitrogens is 2. The van der Waals surface area contributed by atoms with Crippen molar-refractivity contribution in [2.45, 2.75) is 26.4 Å². The minimum absolute atomic E-state index is 0.0280. The average Bonchev–Trinajstić information content (AvgIpc) is 2.96. The minimum Gasteiger partial charge on any atom is -0.466 e. The number of ether oxygens (including phenoxy) is 1. The molecule has 0 N–H and O–H groups in total. The molecule has 2 aromatic rings. The Hall–Kier alpha value is -1.63. The first kappa shape index (κ1) is 18.2. The Morgan fingerprint density at radius 3 is 2.76 bits per heavy atom. The molecule has 5 nitrogen and oxygen atoms in total. The van der Waals surface area contributed by atoms with Crippen molar-refractivity contribution in [2.75, 3.05) is 19.7 Å². The SMILES string of the molecule is CCOC(=O)C1CCN(Cn2ccn(-c3cccc(Cl)c3)c2=S)CC1. The number of carbonyl (C=O) groups excluding carboxylic acids is 1. The molecule has 25 heavy (non-hydrogen) atoms. The fraction of sp³-hybridized carbons (Fsp3) is 0.444. The van der Waals surface area contributed by atoms with Crippen molar-refractivity contribution in [1.82, 2.24) is 14.0 Å². The minimum atomic E-state index is -0.0640. The summed E-state index contributed by atoms with van der Waals surface area (Å²) in [6.07, 6.45) is 5.61. The Morgan fingerprint density at radius 2 is 2.08 bits per heavy atom. The molecule has 1 aliphatic heterocycles. The Morgan fingerprint density at radius 1 is 1.32 bits per heavy atom. The number of rotatable bonds is 5. The number of benzene rings is 1. The molecule has 1 aliphatic rings. The predicted octanol–water partition coefficient (Wildman–Crippen LogP) is 3.89. The van der Waals surface area contributed by atoms with Crippen molar-refractivity contribution >= 4 is 29.8 Å². The van der Waals surface area contributed by atoms with Gasteiger partial charge in [-0.3, -0.25) is 14.3 Å². The zero-order chi connectivity index (χ0) is 17.8. The van der Waals surface area contributed by atoms with E-state index in [-0.39, 0.29) is 11.9 Å².